The van der Waals surface area contributed by atoms with E-state index in [1.807, 2.05) is 45.0 Å². The molecule has 4 aromatic rings. The third-order valence-electron chi connectivity index (χ3n) is 5.62. The molecule has 2 aromatic carbocycles. The number of rotatable bonds is 5. The van der Waals surface area contributed by atoms with Crippen LogP contribution in [0.1, 0.15) is 34.4 Å². The van der Waals surface area contributed by atoms with Crippen LogP contribution >= 0.6 is 11.6 Å². The van der Waals surface area contributed by atoms with Gasteiger partial charge in [-0.05, 0) is 56.0 Å². The fourth-order valence-corrected chi connectivity index (χ4v) is 3.88. The van der Waals surface area contributed by atoms with Gasteiger partial charge in [0.1, 0.15) is 16.9 Å². The van der Waals surface area contributed by atoms with Crippen molar-refractivity contribution in [2.75, 3.05) is 0 Å². The van der Waals surface area contributed by atoms with Crippen molar-refractivity contribution >= 4 is 39.4 Å². The van der Waals surface area contributed by atoms with Gasteiger partial charge in [-0.3, -0.25) is 4.79 Å². The Morgan fingerprint density at radius 3 is 2.47 bits per heavy atom. The van der Waals surface area contributed by atoms with Gasteiger partial charge in [0.2, 0.25) is 5.91 Å². The Bertz CT molecular complexity index is 1330. The van der Waals surface area contributed by atoms with Crippen molar-refractivity contribution in [3.05, 3.63) is 79.9 Å². The molecule has 0 aliphatic carbocycles. The van der Waals surface area contributed by atoms with E-state index < -0.39 is 5.63 Å². The molecule has 2 heterocycles. The number of carbonyl (C=O) groups is 1. The summed E-state index contributed by atoms with van der Waals surface area (Å²) in [6.45, 7) is 6.16. The average Bonchev–Trinajstić information content (AvgIpc) is 2.99. The highest BCUT2D eigenvalue weighted by Crippen LogP contribution is 2.31. The molecule has 0 aliphatic heterocycles. The first-order valence-corrected chi connectivity index (χ1v) is 10.2. The van der Waals surface area contributed by atoms with E-state index in [-0.39, 0.29) is 12.3 Å². The quantitative estimate of drug-likeness (QED) is 0.438. The van der Waals surface area contributed by atoms with Gasteiger partial charge in [-0.15, -0.1) is 0 Å². The Morgan fingerprint density at radius 1 is 1.00 bits per heavy atom. The molecule has 5 nitrogen and oxygen atoms in total. The standard InChI is InChI=1S/C24H22ClNO4/c1-13-15(3)29-21-11-22-19(10-18(13)21)14(2)17(24(28)30-22)8-9-23(27)26-12-16-6-4-5-7-20(16)25/h4-7,10-11H,8-9,12H2,1-3H3,(H,26,27). The lowest BCUT2D eigenvalue weighted by Crippen LogP contribution is -2.24. The summed E-state index contributed by atoms with van der Waals surface area (Å²) in [5.41, 5.74) is 4.05. The van der Waals surface area contributed by atoms with Crippen LogP contribution in [0.25, 0.3) is 21.9 Å². The summed E-state index contributed by atoms with van der Waals surface area (Å²) < 4.78 is 11.3. The van der Waals surface area contributed by atoms with Gasteiger partial charge in [0.15, 0.2) is 0 Å². The van der Waals surface area contributed by atoms with Crippen LogP contribution in [0.3, 0.4) is 0 Å². The van der Waals surface area contributed by atoms with Gasteiger partial charge in [0.25, 0.3) is 0 Å². The summed E-state index contributed by atoms with van der Waals surface area (Å²) >= 11 is 6.12. The fourth-order valence-electron chi connectivity index (χ4n) is 3.68. The molecular formula is C24H22ClNO4. The molecule has 4 rings (SSSR count). The summed E-state index contributed by atoms with van der Waals surface area (Å²) in [6, 6.07) is 11.1. The minimum Gasteiger partial charge on any atom is -0.461 e. The predicted octanol–water partition coefficient (Wildman–Crippen LogP) is 5.37. The lowest BCUT2D eigenvalue weighted by molar-refractivity contribution is -0.121. The topological polar surface area (TPSA) is 72.5 Å². The van der Waals surface area contributed by atoms with Crippen LogP contribution < -0.4 is 10.9 Å². The van der Waals surface area contributed by atoms with Crippen molar-refractivity contribution in [1.82, 2.24) is 5.32 Å². The molecule has 0 spiro atoms. The van der Waals surface area contributed by atoms with Gasteiger partial charge in [0, 0.05) is 40.4 Å². The van der Waals surface area contributed by atoms with E-state index in [0.29, 0.717) is 34.7 Å². The van der Waals surface area contributed by atoms with Crippen LogP contribution in [0.2, 0.25) is 5.02 Å². The second-order valence-electron chi connectivity index (χ2n) is 7.49. The second kappa shape index (κ2) is 8.00. The monoisotopic (exact) mass is 423 g/mol. The normalized spacial score (nSPS) is 11.3. The third kappa shape index (κ3) is 3.73. The minimum atomic E-state index is -0.418. The molecular weight excluding hydrogens is 402 g/mol. The molecule has 30 heavy (non-hydrogen) atoms. The highest BCUT2D eigenvalue weighted by atomic mass is 35.5. The number of carbonyl (C=O) groups excluding carboxylic acids is 1. The largest absolute Gasteiger partial charge is 0.461 e. The van der Waals surface area contributed by atoms with Gasteiger partial charge < -0.3 is 14.2 Å². The average molecular weight is 424 g/mol. The maximum atomic E-state index is 12.6. The highest BCUT2D eigenvalue weighted by molar-refractivity contribution is 6.31. The van der Waals surface area contributed by atoms with Crippen LogP contribution in [-0.2, 0) is 17.8 Å². The Morgan fingerprint density at radius 2 is 1.70 bits per heavy atom. The zero-order valence-electron chi connectivity index (χ0n) is 17.1. The number of hydrogen-bond acceptors (Lipinski definition) is 4. The molecule has 0 fully saturated rings. The molecule has 0 saturated carbocycles. The van der Waals surface area contributed by atoms with Crippen molar-refractivity contribution in [2.24, 2.45) is 0 Å². The fraction of sp³-hybridized carbons (Fsp3) is 0.250. The first-order chi connectivity index (χ1) is 14.3. The molecule has 6 heteroatoms. The van der Waals surface area contributed by atoms with Crippen molar-refractivity contribution in [3.8, 4) is 0 Å². The van der Waals surface area contributed by atoms with E-state index in [1.165, 1.54) is 0 Å². The van der Waals surface area contributed by atoms with E-state index in [0.717, 1.165) is 33.2 Å². The molecule has 154 valence electrons. The Balaban J connectivity index is 1.55. The van der Waals surface area contributed by atoms with Gasteiger partial charge in [-0.25, -0.2) is 4.79 Å². The van der Waals surface area contributed by atoms with Crippen molar-refractivity contribution in [2.45, 2.75) is 40.2 Å². The summed E-state index contributed by atoms with van der Waals surface area (Å²) in [4.78, 5) is 24.9. The van der Waals surface area contributed by atoms with E-state index in [4.69, 9.17) is 20.4 Å². The number of hydrogen-bond donors (Lipinski definition) is 1. The lowest BCUT2D eigenvalue weighted by Gasteiger charge is -2.09. The molecule has 0 saturated heterocycles. The first kappa shape index (κ1) is 20.2. The maximum absolute atomic E-state index is 12.6. The van der Waals surface area contributed by atoms with Crippen LogP contribution in [0.4, 0.5) is 0 Å². The van der Waals surface area contributed by atoms with Gasteiger partial charge in [-0.1, -0.05) is 29.8 Å². The zero-order chi connectivity index (χ0) is 21.4. The SMILES string of the molecule is Cc1oc2cc3oc(=O)c(CCC(=O)NCc4ccccc4Cl)c(C)c3cc2c1C. The van der Waals surface area contributed by atoms with Crippen LogP contribution in [0, 0.1) is 20.8 Å². The summed E-state index contributed by atoms with van der Waals surface area (Å²) in [5, 5.41) is 5.32. The maximum Gasteiger partial charge on any atom is 0.339 e. The van der Waals surface area contributed by atoms with Crippen LogP contribution in [-0.4, -0.2) is 5.91 Å². The molecule has 1 amide bonds. The highest BCUT2D eigenvalue weighted by Gasteiger charge is 2.16. The Labute approximate surface area is 178 Å². The third-order valence-corrected chi connectivity index (χ3v) is 5.99. The Kier molecular flexibility index (Phi) is 5.39. The van der Waals surface area contributed by atoms with E-state index in [9.17, 15) is 9.59 Å². The van der Waals surface area contributed by atoms with Crippen molar-refractivity contribution in [3.63, 3.8) is 0 Å². The molecule has 0 atom stereocenters. The zero-order valence-corrected chi connectivity index (χ0v) is 17.9. The number of halogens is 1. The lowest BCUT2D eigenvalue weighted by atomic mass is 10.0. The van der Waals surface area contributed by atoms with E-state index in [1.54, 1.807) is 12.1 Å². The smallest absolute Gasteiger partial charge is 0.339 e. The van der Waals surface area contributed by atoms with E-state index in [2.05, 4.69) is 5.32 Å². The first-order valence-electron chi connectivity index (χ1n) is 9.81. The number of fused-ring (bicyclic) bond motifs is 2. The van der Waals surface area contributed by atoms with Gasteiger partial charge >= 0.3 is 5.63 Å². The van der Waals surface area contributed by atoms with Crippen molar-refractivity contribution < 1.29 is 13.6 Å². The van der Waals surface area contributed by atoms with E-state index >= 15 is 0 Å². The molecule has 0 aliphatic rings. The number of amides is 1. The molecule has 2 aromatic heterocycles. The number of nitrogens with one attached hydrogen (secondary N) is 1. The summed E-state index contributed by atoms with van der Waals surface area (Å²) in [5.74, 6) is 0.696. The van der Waals surface area contributed by atoms with Gasteiger partial charge in [0.05, 0.1) is 0 Å². The molecule has 0 radical (unpaired) electrons. The van der Waals surface area contributed by atoms with Gasteiger partial charge in [-0.2, -0.15) is 0 Å². The Hall–Kier alpha value is -3.05. The number of benzene rings is 2. The van der Waals surface area contributed by atoms with Crippen LogP contribution in [0.5, 0.6) is 0 Å². The second-order valence-corrected chi connectivity index (χ2v) is 7.90. The van der Waals surface area contributed by atoms with Crippen LogP contribution in [0.15, 0.2) is 50.0 Å². The predicted molar refractivity (Wildman–Crippen MR) is 118 cm³/mol. The molecule has 0 unspecified atom stereocenters. The number of aryl methyl sites for hydroxylation is 3. The summed E-state index contributed by atoms with van der Waals surface area (Å²) in [6.07, 6.45) is 0.494. The molecule has 1 N–H and O–H groups in total. The molecule has 0 bridgehead atoms. The summed E-state index contributed by atoms with van der Waals surface area (Å²) in [7, 11) is 0. The minimum absolute atomic E-state index is 0.148. The number of furan rings is 1. The van der Waals surface area contributed by atoms with Crippen molar-refractivity contribution in [1.29, 1.82) is 0 Å².